The standard InChI is InChI=1S/C20H24F2N6O3/c1-2-18(29)24-9-15-10-27(20(30)31-15)14-7-16(21)19(17(22)8-14)26-5-3-13(4-6-26)28-12-23-11-25-28/h7-8,11-13,15H,2-6,9-10H2,1H3,(H,24,29)/t15-/m0/s1. The molecule has 0 unspecified atom stereocenters. The van der Waals surface area contributed by atoms with Crippen LogP contribution in [0.4, 0.5) is 25.0 Å². The lowest BCUT2D eigenvalue weighted by molar-refractivity contribution is -0.121. The summed E-state index contributed by atoms with van der Waals surface area (Å²) in [5, 5.41) is 6.78. The van der Waals surface area contributed by atoms with Gasteiger partial charge in [0.2, 0.25) is 5.91 Å². The van der Waals surface area contributed by atoms with Gasteiger partial charge in [0.1, 0.15) is 24.4 Å². The van der Waals surface area contributed by atoms with Gasteiger partial charge >= 0.3 is 6.09 Å². The number of cyclic esters (lactones) is 1. The first-order chi connectivity index (χ1) is 15.0. The van der Waals surface area contributed by atoms with Crippen LogP contribution in [0.2, 0.25) is 0 Å². The lowest BCUT2D eigenvalue weighted by atomic mass is 10.0. The Balaban J connectivity index is 1.43. The summed E-state index contributed by atoms with van der Waals surface area (Å²) in [7, 11) is 0. The van der Waals surface area contributed by atoms with Crippen LogP contribution in [0.1, 0.15) is 32.2 Å². The van der Waals surface area contributed by atoms with Crippen molar-refractivity contribution in [2.75, 3.05) is 36.0 Å². The second-order valence-corrected chi connectivity index (χ2v) is 7.63. The molecule has 2 aliphatic heterocycles. The molecule has 9 nitrogen and oxygen atoms in total. The largest absolute Gasteiger partial charge is 0.442 e. The van der Waals surface area contributed by atoms with E-state index >= 15 is 0 Å². The molecule has 3 heterocycles. The average Bonchev–Trinajstić information content (AvgIpc) is 3.42. The Hall–Kier alpha value is -3.24. The summed E-state index contributed by atoms with van der Waals surface area (Å²) >= 11 is 0. The van der Waals surface area contributed by atoms with Crippen LogP contribution in [0.25, 0.3) is 0 Å². The Morgan fingerprint density at radius 3 is 2.58 bits per heavy atom. The molecular formula is C20H24F2N6O3. The maximum Gasteiger partial charge on any atom is 0.414 e. The minimum absolute atomic E-state index is 0.0885. The molecule has 0 aliphatic carbocycles. The number of nitrogens with zero attached hydrogens (tertiary/aromatic N) is 5. The van der Waals surface area contributed by atoms with Crippen LogP contribution in [0, 0.1) is 11.6 Å². The Bertz CT molecular complexity index is 923. The number of benzene rings is 1. The zero-order valence-corrected chi connectivity index (χ0v) is 17.1. The molecule has 2 aromatic rings. The van der Waals surface area contributed by atoms with Gasteiger partial charge in [-0.1, -0.05) is 6.92 Å². The number of nitrogens with one attached hydrogen (secondary N) is 1. The van der Waals surface area contributed by atoms with Gasteiger partial charge in [-0.25, -0.2) is 23.2 Å². The minimum Gasteiger partial charge on any atom is -0.442 e. The number of piperidine rings is 1. The van der Waals surface area contributed by atoms with Crippen molar-refractivity contribution in [3.63, 3.8) is 0 Å². The summed E-state index contributed by atoms with van der Waals surface area (Å²) in [5.41, 5.74) is -0.00863. The van der Waals surface area contributed by atoms with E-state index in [1.54, 1.807) is 22.8 Å². The van der Waals surface area contributed by atoms with Crippen LogP contribution in [0.3, 0.4) is 0 Å². The lowest BCUT2D eigenvalue weighted by Gasteiger charge is -2.34. The van der Waals surface area contributed by atoms with Crippen molar-refractivity contribution in [2.45, 2.75) is 38.3 Å². The number of anilines is 2. The van der Waals surface area contributed by atoms with E-state index in [4.69, 9.17) is 4.74 Å². The van der Waals surface area contributed by atoms with Crippen molar-refractivity contribution in [2.24, 2.45) is 0 Å². The summed E-state index contributed by atoms with van der Waals surface area (Å²) in [4.78, 5) is 30.4. The van der Waals surface area contributed by atoms with E-state index in [-0.39, 0.29) is 36.4 Å². The summed E-state index contributed by atoms with van der Waals surface area (Å²) in [6.07, 6.45) is 3.53. The average molecular weight is 434 g/mol. The third kappa shape index (κ3) is 4.44. The Morgan fingerprint density at radius 2 is 1.97 bits per heavy atom. The van der Waals surface area contributed by atoms with E-state index in [0.29, 0.717) is 32.4 Å². The second-order valence-electron chi connectivity index (χ2n) is 7.63. The van der Waals surface area contributed by atoms with E-state index in [9.17, 15) is 18.4 Å². The molecule has 31 heavy (non-hydrogen) atoms. The highest BCUT2D eigenvalue weighted by molar-refractivity contribution is 5.90. The number of hydrogen-bond donors (Lipinski definition) is 1. The second kappa shape index (κ2) is 8.86. The van der Waals surface area contributed by atoms with Gasteiger partial charge in [-0.15, -0.1) is 0 Å². The highest BCUT2D eigenvalue weighted by atomic mass is 19.1. The molecule has 2 fully saturated rings. The molecule has 0 bridgehead atoms. The molecule has 0 radical (unpaired) electrons. The molecule has 1 atom stereocenters. The number of ether oxygens (including phenoxy) is 1. The maximum absolute atomic E-state index is 14.9. The number of carbonyl (C=O) groups excluding carboxylic acids is 2. The van der Waals surface area contributed by atoms with Gasteiger partial charge in [-0.3, -0.25) is 9.69 Å². The molecule has 0 spiro atoms. The molecule has 4 rings (SSSR count). The summed E-state index contributed by atoms with van der Waals surface area (Å²) in [5.74, 6) is -1.63. The monoisotopic (exact) mass is 434 g/mol. The molecule has 2 amide bonds. The van der Waals surface area contributed by atoms with Crippen LogP contribution < -0.4 is 15.1 Å². The first-order valence-electron chi connectivity index (χ1n) is 10.3. The first kappa shape index (κ1) is 21.0. The summed E-state index contributed by atoms with van der Waals surface area (Å²) < 4.78 is 36.8. The fourth-order valence-corrected chi connectivity index (χ4v) is 3.96. The van der Waals surface area contributed by atoms with Gasteiger partial charge in [0.05, 0.1) is 24.8 Å². The predicted molar refractivity (Wildman–Crippen MR) is 108 cm³/mol. The van der Waals surface area contributed by atoms with E-state index in [1.165, 1.54) is 11.2 Å². The Kier molecular flexibility index (Phi) is 6.01. The van der Waals surface area contributed by atoms with Crippen molar-refractivity contribution >= 4 is 23.4 Å². The third-order valence-corrected chi connectivity index (χ3v) is 5.63. The number of amides is 2. The molecule has 1 N–H and O–H groups in total. The maximum atomic E-state index is 14.9. The molecule has 2 aliphatic rings. The Labute approximate surface area is 178 Å². The van der Waals surface area contributed by atoms with Crippen LogP contribution in [-0.2, 0) is 9.53 Å². The van der Waals surface area contributed by atoms with E-state index in [0.717, 1.165) is 12.1 Å². The van der Waals surface area contributed by atoms with E-state index in [1.807, 2.05) is 0 Å². The topological polar surface area (TPSA) is 92.6 Å². The molecule has 166 valence electrons. The van der Waals surface area contributed by atoms with Crippen molar-refractivity contribution in [1.29, 1.82) is 0 Å². The highest BCUT2D eigenvalue weighted by Gasteiger charge is 2.34. The van der Waals surface area contributed by atoms with Crippen molar-refractivity contribution in [3.8, 4) is 0 Å². The van der Waals surface area contributed by atoms with E-state index in [2.05, 4.69) is 15.4 Å². The summed E-state index contributed by atoms with van der Waals surface area (Å²) in [6.45, 7) is 2.92. The molecule has 0 saturated carbocycles. The normalized spacial score (nSPS) is 19.6. The zero-order chi connectivity index (χ0) is 22.0. The fraction of sp³-hybridized carbons (Fsp3) is 0.500. The van der Waals surface area contributed by atoms with Crippen LogP contribution >= 0.6 is 0 Å². The van der Waals surface area contributed by atoms with Crippen LogP contribution in [0.15, 0.2) is 24.8 Å². The summed E-state index contributed by atoms with van der Waals surface area (Å²) in [6, 6.07) is 2.44. The number of rotatable bonds is 6. The minimum atomic E-state index is -0.732. The molecule has 2 saturated heterocycles. The molecular weight excluding hydrogens is 410 g/mol. The SMILES string of the molecule is CCC(=O)NC[C@H]1CN(c2cc(F)c(N3CCC(n4cncn4)CC3)c(F)c2)C(=O)O1. The molecule has 1 aromatic carbocycles. The molecule has 1 aromatic heterocycles. The smallest absolute Gasteiger partial charge is 0.414 e. The van der Waals surface area contributed by atoms with Gasteiger partial charge in [-0.2, -0.15) is 5.10 Å². The van der Waals surface area contributed by atoms with Gasteiger partial charge < -0.3 is 15.0 Å². The van der Waals surface area contributed by atoms with E-state index < -0.39 is 23.8 Å². The quantitative estimate of drug-likeness (QED) is 0.750. The number of aromatic nitrogens is 3. The first-order valence-corrected chi connectivity index (χ1v) is 10.3. The van der Waals surface area contributed by atoms with Crippen molar-refractivity contribution < 1.29 is 23.1 Å². The highest BCUT2D eigenvalue weighted by Crippen LogP contribution is 2.33. The predicted octanol–water partition coefficient (Wildman–Crippen LogP) is 2.25. The van der Waals surface area contributed by atoms with Crippen molar-refractivity contribution in [1.82, 2.24) is 20.1 Å². The molecule has 11 heteroatoms. The van der Waals surface area contributed by atoms with Crippen molar-refractivity contribution in [3.05, 3.63) is 36.4 Å². The van der Waals surface area contributed by atoms with Crippen LogP contribution in [-0.4, -0.2) is 59.0 Å². The zero-order valence-electron chi connectivity index (χ0n) is 17.1. The Morgan fingerprint density at radius 1 is 1.26 bits per heavy atom. The number of carbonyl (C=O) groups is 2. The fourth-order valence-electron chi connectivity index (χ4n) is 3.96. The number of halogens is 2. The van der Waals surface area contributed by atoms with Crippen LogP contribution in [0.5, 0.6) is 0 Å². The van der Waals surface area contributed by atoms with Gasteiger partial charge in [0, 0.05) is 31.6 Å². The van der Waals surface area contributed by atoms with Gasteiger partial charge in [-0.05, 0) is 12.8 Å². The third-order valence-electron chi connectivity index (χ3n) is 5.63. The number of hydrogen-bond acceptors (Lipinski definition) is 6. The lowest BCUT2D eigenvalue weighted by Crippen LogP contribution is -2.36. The van der Waals surface area contributed by atoms with Gasteiger partial charge in [0.15, 0.2) is 11.6 Å². The van der Waals surface area contributed by atoms with Gasteiger partial charge in [0.25, 0.3) is 0 Å².